The molecule has 0 bridgehead atoms. The van der Waals surface area contributed by atoms with Crippen LogP contribution < -0.4 is 11.1 Å². The minimum absolute atomic E-state index is 0. The Balaban J connectivity index is 0.00000261. The van der Waals surface area contributed by atoms with Gasteiger partial charge in [0.05, 0.1) is 5.69 Å². The average molecular weight is 403 g/mol. The van der Waals surface area contributed by atoms with Gasteiger partial charge in [0.15, 0.2) is 5.69 Å². The van der Waals surface area contributed by atoms with Crippen LogP contribution in [0.1, 0.15) is 41.7 Å². The zero-order valence-electron chi connectivity index (χ0n) is 14.6. The molecule has 148 valence electrons. The van der Waals surface area contributed by atoms with Crippen LogP contribution >= 0.6 is 12.4 Å². The van der Waals surface area contributed by atoms with Gasteiger partial charge in [-0.1, -0.05) is 18.9 Å². The van der Waals surface area contributed by atoms with Crippen molar-refractivity contribution in [3.63, 3.8) is 0 Å². The van der Waals surface area contributed by atoms with E-state index in [0.717, 1.165) is 36.4 Å². The lowest BCUT2D eigenvalue weighted by molar-refractivity contribution is -0.141. The number of alkyl halides is 3. The van der Waals surface area contributed by atoms with Crippen molar-refractivity contribution >= 4 is 18.3 Å². The fourth-order valence-corrected chi connectivity index (χ4v) is 3.34. The Hall–Kier alpha value is -2.06. The van der Waals surface area contributed by atoms with Gasteiger partial charge in [-0.2, -0.15) is 18.3 Å². The fraction of sp³-hybridized carbons (Fsp3) is 0.444. The maximum atomic E-state index is 12.7. The van der Waals surface area contributed by atoms with Crippen LogP contribution in [-0.2, 0) is 6.18 Å². The van der Waals surface area contributed by atoms with Crippen molar-refractivity contribution in [2.24, 2.45) is 11.7 Å². The molecule has 1 aromatic heterocycles. The molecule has 1 fully saturated rings. The second kappa shape index (κ2) is 8.75. The molecule has 1 saturated carbocycles. The fourth-order valence-electron chi connectivity index (χ4n) is 3.34. The number of hydrogen-bond acceptors (Lipinski definition) is 3. The number of benzene rings is 1. The standard InChI is InChI=1S/C18H21F3N4O.ClH/c19-18(20,21)16-8-9-25(24-16)14-6-3-5-12(10-14)17(26)23-15-7-2-1-4-13(15)11-22;/h3,5-6,8-10,13,15H,1-2,4,7,11,22H2,(H,23,26);1H. The first-order valence-electron chi connectivity index (χ1n) is 8.62. The first kappa shape index (κ1) is 21.2. The van der Waals surface area contributed by atoms with E-state index in [-0.39, 0.29) is 30.3 Å². The smallest absolute Gasteiger partial charge is 0.349 e. The van der Waals surface area contributed by atoms with Crippen molar-refractivity contribution in [1.29, 1.82) is 0 Å². The van der Waals surface area contributed by atoms with Gasteiger partial charge in [0, 0.05) is 17.8 Å². The van der Waals surface area contributed by atoms with Gasteiger partial charge in [-0.25, -0.2) is 4.68 Å². The molecule has 0 aliphatic heterocycles. The zero-order valence-corrected chi connectivity index (χ0v) is 15.4. The summed E-state index contributed by atoms with van der Waals surface area (Å²) in [7, 11) is 0. The molecule has 9 heteroatoms. The first-order valence-corrected chi connectivity index (χ1v) is 8.62. The Kier molecular flexibility index (Phi) is 6.89. The van der Waals surface area contributed by atoms with Crippen LogP contribution in [0, 0.1) is 5.92 Å². The molecular formula is C18H22ClF3N4O. The summed E-state index contributed by atoms with van der Waals surface area (Å²) in [4.78, 5) is 12.6. The van der Waals surface area contributed by atoms with Gasteiger partial charge in [-0.3, -0.25) is 4.79 Å². The van der Waals surface area contributed by atoms with Gasteiger partial charge >= 0.3 is 6.18 Å². The third-order valence-electron chi connectivity index (χ3n) is 4.78. The maximum absolute atomic E-state index is 12.7. The predicted octanol–water partition coefficient (Wildman–Crippen LogP) is 3.56. The van der Waals surface area contributed by atoms with Crippen LogP contribution in [0.15, 0.2) is 36.5 Å². The van der Waals surface area contributed by atoms with Crippen molar-refractivity contribution in [1.82, 2.24) is 15.1 Å². The highest BCUT2D eigenvalue weighted by molar-refractivity contribution is 5.94. The second-order valence-corrected chi connectivity index (χ2v) is 6.55. The molecule has 0 spiro atoms. The van der Waals surface area contributed by atoms with Gasteiger partial charge in [-0.15, -0.1) is 12.4 Å². The van der Waals surface area contributed by atoms with E-state index in [2.05, 4.69) is 10.4 Å². The number of carbonyl (C=O) groups excluding carboxylic acids is 1. The second-order valence-electron chi connectivity index (χ2n) is 6.55. The largest absolute Gasteiger partial charge is 0.435 e. The molecule has 2 atom stereocenters. The zero-order chi connectivity index (χ0) is 18.7. The summed E-state index contributed by atoms with van der Waals surface area (Å²) in [5, 5.41) is 6.55. The van der Waals surface area contributed by atoms with Crippen LogP contribution in [0.2, 0.25) is 0 Å². The summed E-state index contributed by atoms with van der Waals surface area (Å²) in [5.41, 5.74) is 5.60. The molecule has 27 heavy (non-hydrogen) atoms. The van der Waals surface area contributed by atoms with Crippen LogP contribution in [0.5, 0.6) is 0 Å². The van der Waals surface area contributed by atoms with E-state index in [0.29, 0.717) is 17.8 Å². The number of nitrogens with zero attached hydrogens (tertiary/aromatic N) is 2. The normalized spacial score (nSPS) is 20.0. The highest BCUT2D eigenvalue weighted by Gasteiger charge is 2.33. The molecule has 0 saturated heterocycles. The molecule has 1 amide bonds. The number of rotatable bonds is 4. The van der Waals surface area contributed by atoms with Crippen molar-refractivity contribution in [2.75, 3.05) is 6.54 Å². The summed E-state index contributed by atoms with van der Waals surface area (Å²) in [6.45, 7) is 0.526. The van der Waals surface area contributed by atoms with E-state index >= 15 is 0 Å². The Bertz CT molecular complexity index is 778. The van der Waals surface area contributed by atoms with E-state index in [1.54, 1.807) is 18.2 Å². The molecule has 2 unspecified atom stereocenters. The van der Waals surface area contributed by atoms with E-state index in [1.165, 1.54) is 12.3 Å². The lowest BCUT2D eigenvalue weighted by Crippen LogP contribution is -2.44. The highest BCUT2D eigenvalue weighted by Crippen LogP contribution is 2.28. The lowest BCUT2D eigenvalue weighted by atomic mass is 9.84. The Morgan fingerprint density at radius 2 is 2.00 bits per heavy atom. The Morgan fingerprint density at radius 3 is 2.67 bits per heavy atom. The van der Waals surface area contributed by atoms with E-state index in [1.807, 2.05) is 0 Å². The summed E-state index contributed by atoms with van der Waals surface area (Å²) in [5.74, 6) is 0.0109. The Morgan fingerprint density at radius 1 is 1.26 bits per heavy atom. The molecule has 5 nitrogen and oxygen atoms in total. The molecule has 1 aromatic carbocycles. The van der Waals surface area contributed by atoms with Gasteiger partial charge in [0.2, 0.25) is 0 Å². The lowest BCUT2D eigenvalue weighted by Gasteiger charge is -2.31. The summed E-state index contributed by atoms with van der Waals surface area (Å²) >= 11 is 0. The van der Waals surface area contributed by atoms with Crippen molar-refractivity contribution < 1.29 is 18.0 Å². The molecule has 2 aromatic rings. The highest BCUT2D eigenvalue weighted by atomic mass is 35.5. The number of halogens is 4. The molecule has 3 N–H and O–H groups in total. The van der Waals surface area contributed by atoms with Crippen LogP contribution in [0.25, 0.3) is 5.69 Å². The summed E-state index contributed by atoms with van der Waals surface area (Å²) in [6, 6.07) is 7.33. The maximum Gasteiger partial charge on any atom is 0.435 e. The monoisotopic (exact) mass is 402 g/mol. The molecule has 1 aliphatic rings. The minimum atomic E-state index is -4.50. The van der Waals surface area contributed by atoms with Gasteiger partial charge in [-0.05, 0) is 49.6 Å². The topological polar surface area (TPSA) is 72.9 Å². The van der Waals surface area contributed by atoms with Crippen LogP contribution in [0.4, 0.5) is 13.2 Å². The van der Waals surface area contributed by atoms with Crippen LogP contribution in [0.3, 0.4) is 0 Å². The number of amides is 1. The third kappa shape index (κ3) is 5.01. The van der Waals surface area contributed by atoms with Crippen LogP contribution in [-0.4, -0.2) is 28.3 Å². The predicted molar refractivity (Wildman–Crippen MR) is 98.1 cm³/mol. The first-order chi connectivity index (χ1) is 12.4. The molecular weight excluding hydrogens is 381 g/mol. The molecule has 1 aliphatic carbocycles. The number of nitrogens with one attached hydrogen (secondary N) is 1. The summed E-state index contributed by atoms with van der Waals surface area (Å²) in [6.07, 6.45) is 0.778. The minimum Gasteiger partial charge on any atom is -0.349 e. The van der Waals surface area contributed by atoms with Gasteiger partial charge < -0.3 is 11.1 Å². The number of hydrogen-bond donors (Lipinski definition) is 2. The SMILES string of the molecule is Cl.NCC1CCCCC1NC(=O)c1cccc(-n2ccc(C(F)(F)F)n2)c1. The van der Waals surface area contributed by atoms with E-state index in [9.17, 15) is 18.0 Å². The number of carbonyl (C=O) groups is 1. The molecule has 0 radical (unpaired) electrons. The molecule has 1 heterocycles. The van der Waals surface area contributed by atoms with E-state index in [4.69, 9.17) is 5.73 Å². The third-order valence-corrected chi connectivity index (χ3v) is 4.78. The van der Waals surface area contributed by atoms with Gasteiger partial charge in [0.25, 0.3) is 5.91 Å². The average Bonchev–Trinajstić information content (AvgIpc) is 3.13. The van der Waals surface area contributed by atoms with Crippen molar-refractivity contribution in [2.45, 2.75) is 37.9 Å². The number of nitrogens with two attached hydrogens (primary N) is 1. The van der Waals surface area contributed by atoms with Gasteiger partial charge in [0.1, 0.15) is 0 Å². The number of aromatic nitrogens is 2. The molecule has 3 rings (SSSR count). The Labute approximate surface area is 161 Å². The quantitative estimate of drug-likeness (QED) is 0.821. The van der Waals surface area contributed by atoms with Crippen molar-refractivity contribution in [3.8, 4) is 5.69 Å². The van der Waals surface area contributed by atoms with Crippen molar-refractivity contribution in [3.05, 3.63) is 47.8 Å². The summed E-state index contributed by atoms with van der Waals surface area (Å²) < 4.78 is 39.2. The van der Waals surface area contributed by atoms with E-state index < -0.39 is 11.9 Å².